The summed E-state index contributed by atoms with van der Waals surface area (Å²) in [6.45, 7) is 1.92. The molecule has 1 aromatic carbocycles. The van der Waals surface area contributed by atoms with E-state index in [9.17, 15) is 4.79 Å². The molecular formula is C18H15N5O2. The number of hydrogen-bond acceptors (Lipinski definition) is 5. The lowest BCUT2D eigenvalue weighted by molar-refractivity contribution is 0.415. The third kappa shape index (κ3) is 2.46. The fraction of sp³-hybridized carbons (Fsp3) is 0.111. The van der Waals surface area contributed by atoms with Crippen LogP contribution in [0, 0.1) is 6.92 Å². The summed E-state index contributed by atoms with van der Waals surface area (Å²) in [5, 5.41) is 4.18. The van der Waals surface area contributed by atoms with E-state index < -0.39 is 0 Å². The number of rotatable bonds is 3. The van der Waals surface area contributed by atoms with Gasteiger partial charge in [-0.15, -0.1) is 0 Å². The topological polar surface area (TPSA) is 74.3 Å². The van der Waals surface area contributed by atoms with Crippen molar-refractivity contribution in [1.82, 2.24) is 24.1 Å². The van der Waals surface area contributed by atoms with Gasteiger partial charge in [0.1, 0.15) is 17.6 Å². The molecule has 7 nitrogen and oxygen atoms in total. The van der Waals surface area contributed by atoms with Gasteiger partial charge in [-0.05, 0) is 36.2 Å². The Bertz CT molecular complexity index is 1120. The van der Waals surface area contributed by atoms with Crippen LogP contribution in [0.3, 0.4) is 0 Å². The lowest BCUT2D eigenvalue weighted by Gasteiger charge is -2.04. The fourth-order valence-corrected chi connectivity index (χ4v) is 2.87. The average molecular weight is 333 g/mol. The molecule has 25 heavy (non-hydrogen) atoms. The Kier molecular flexibility index (Phi) is 3.53. The number of aromatic nitrogens is 5. The van der Waals surface area contributed by atoms with Gasteiger partial charge in [0.25, 0.3) is 11.5 Å². The summed E-state index contributed by atoms with van der Waals surface area (Å²) < 4.78 is 8.22. The largest absolute Gasteiger partial charge is 0.497 e. The van der Waals surface area contributed by atoms with E-state index in [2.05, 4.69) is 15.1 Å². The molecule has 0 atom stereocenters. The molecule has 0 aliphatic rings. The Balaban J connectivity index is 1.94. The third-order valence-corrected chi connectivity index (χ3v) is 4.09. The lowest BCUT2D eigenvalue weighted by atomic mass is 10.0. The van der Waals surface area contributed by atoms with Crippen LogP contribution >= 0.6 is 0 Å². The van der Waals surface area contributed by atoms with Gasteiger partial charge < -0.3 is 9.14 Å². The van der Waals surface area contributed by atoms with E-state index in [1.165, 1.54) is 4.68 Å². The van der Waals surface area contributed by atoms with Crippen molar-refractivity contribution in [1.29, 1.82) is 0 Å². The van der Waals surface area contributed by atoms with Crippen LogP contribution < -0.4 is 10.3 Å². The molecule has 0 amide bonds. The molecule has 4 rings (SSSR count). The molecule has 0 aliphatic carbocycles. The highest BCUT2D eigenvalue weighted by atomic mass is 16.5. The van der Waals surface area contributed by atoms with E-state index in [1.807, 2.05) is 37.4 Å². The van der Waals surface area contributed by atoms with Crippen molar-refractivity contribution in [2.45, 2.75) is 6.92 Å². The maximum atomic E-state index is 12.9. The molecule has 0 radical (unpaired) electrons. The SMILES string of the molecule is COc1cccc(-c2cn3cnn(-c4ncccn4)c(=O)c3c2C)c1. The zero-order valence-electron chi connectivity index (χ0n) is 13.7. The summed E-state index contributed by atoms with van der Waals surface area (Å²) in [5.74, 6) is 1.01. The third-order valence-electron chi connectivity index (χ3n) is 4.09. The van der Waals surface area contributed by atoms with Crippen molar-refractivity contribution in [3.05, 3.63) is 71.2 Å². The van der Waals surface area contributed by atoms with E-state index in [-0.39, 0.29) is 11.5 Å². The lowest BCUT2D eigenvalue weighted by Crippen LogP contribution is -2.24. The first-order valence-electron chi connectivity index (χ1n) is 7.70. The Hall–Kier alpha value is -3.48. The molecule has 3 aromatic heterocycles. The highest BCUT2D eigenvalue weighted by Gasteiger charge is 2.15. The van der Waals surface area contributed by atoms with Crippen LogP contribution in [-0.4, -0.2) is 31.3 Å². The smallest absolute Gasteiger partial charge is 0.298 e. The predicted octanol–water partition coefficient (Wildman–Crippen LogP) is 2.26. The number of methoxy groups -OCH3 is 1. The first-order valence-corrected chi connectivity index (χ1v) is 7.70. The van der Waals surface area contributed by atoms with Gasteiger partial charge in [0.2, 0.25) is 0 Å². The van der Waals surface area contributed by atoms with Gasteiger partial charge in [-0.1, -0.05) is 12.1 Å². The molecule has 0 spiro atoms. The number of benzene rings is 1. The summed E-state index contributed by atoms with van der Waals surface area (Å²) in [4.78, 5) is 21.1. The van der Waals surface area contributed by atoms with Crippen LogP contribution in [0.15, 0.2) is 60.0 Å². The quantitative estimate of drug-likeness (QED) is 0.575. The molecule has 3 heterocycles. The van der Waals surface area contributed by atoms with Crippen LogP contribution in [0.1, 0.15) is 5.56 Å². The monoisotopic (exact) mass is 333 g/mol. The Morgan fingerprint density at radius 3 is 2.68 bits per heavy atom. The van der Waals surface area contributed by atoms with Crippen molar-refractivity contribution < 1.29 is 4.74 Å². The molecule has 4 aromatic rings. The second-order valence-electron chi connectivity index (χ2n) is 5.55. The normalized spacial score (nSPS) is 11.0. The van der Waals surface area contributed by atoms with Crippen LogP contribution in [0.5, 0.6) is 5.75 Å². The Labute approximate surface area is 143 Å². The molecular weight excluding hydrogens is 318 g/mol. The molecule has 124 valence electrons. The number of aryl methyl sites for hydroxylation is 1. The van der Waals surface area contributed by atoms with Gasteiger partial charge in [0.05, 0.1) is 7.11 Å². The standard InChI is InChI=1S/C18H15N5O2/c1-12-15(13-5-3-6-14(9-13)25-2)10-22-11-21-23(17(24)16(12)22)18-19-7-4-8-20-18/h3-11H,1-2H3. The van der Waals surface area contributed by atoms with Crippen molar-refractivity contribution in [2.24, 2.45) is 0 Å². The van der Waals surface area contributed by atoms with Gasteiger partial charge in [-0.2, -0.15) is 9.78 Å². The summed E-state index contributed by atoms with van der Waals surface area (Å²) in [6.07, 6.45) is 6.63. The van der Waals surface area contributed by atoms with Crippen molar-refractivity contribution in [3.8, 4) is 22.8 Å². The number of ether oxygens (including phenoxy) is 1. The molecule has 0 saturated carbocycles. The van der Waals surface area contributed by atoms with Crippen LogP contribution in [0.25, 0.3) is 22.6 Å². The summed E-state index contributed by atoms with van der Waals surface area (Å²) in [6, 6.07) is 9.42. The van der Waals surface area contributed by atoms with E-state index in [1.54, 1.807) is 36.3 Å². The molecule has 0 unspecified atom stereocenters. The summed E-state index contributed by atoms with van der Waals surface area (Å²) >= 11 is 0. The maximum Gasteiger partial charge on any atom is 0.298 e. The van der Waals surface area contributed by atoms with E-state index in [0.29, 0.717) is 5.52 Å². The number of fused-ring (bicyclic) bond motifs is 1. The minimum absolute atomic E-state index is 0.249. The summed E-state index contributed by atoms with van der Waals surface area (Å²) in [7, 11) is 1.63. The maximum absolute atomic E-state index is 12.9. The van der Waals surface area contributed by atoms with Crippen molar-refractivity contribution in [2.75, 3.05) is 7.11 Å². The van der Waals surface area contributed by atoms with E-state index in [0.717, 1.165) is 22.4 Å². The minimum atomic E-state index is -0.264. The Morgan fingerprint density at radius 2 is 1.92 bits per heavy atom. The van der Waals surface area contributed by atoms with Gasteiger partial charge in [0, 0.05) is 24.2 Å². The van der Waals surface area contributed by atoms with Crippen molar-refractivity contribution in [3.63, 3.8) is 0 Å². The number of hydrogen-bond donors (Lipinski definition) is 0. The molecule has 0 fully saturated rings. The average Bonchev–Trinajstić information content (AvgIpc) is 3.00. The molecule has 0 aliphatic heterocycles. The van der Waals surface area contributed by atoms with Crippen LogP contribution in [-0.2, 0) is 0 Å². The Morgan fingerprint density at radius 1 is 1.12 bits per heavy atom. The van der Waals surface area contributed by atoms with Crippen molar-refractivity contribution >= 4 is 5.52 Å². The first kappa shape index (κ1) is 15.1. The molecule has 7 heteroatoms. The molecule has 0 N–H and O–H groups in total. The van der Waals surface area contributed by atoms with Crippen LogP contribution in [0.4, 0.5) is 0 Å². The van der Waals surface area contributed by atoms with E-state index >= 15 is 0 Å². The van der Waals surface area contributed by atoms with Crippen LogP contribution in [0.2, 0.25) is 0 Å². The number of nitrogens with zero attached hydrogens (tertiary/aromatic N) is 5. The predicted molar refractivity (Wildman–Crippen MR) is 93.1 cm³/mol. The molecule has 0 saturated heterocycles. The summed E-state index contributed by atoms with van der Waals surface area (Å²) in [5.41, 5.74) is 3.07. The molecule has 0 bridgehead atoms. The van der Waals surface area contributed by atoms with Gasteiger partial charge >= 0.3 is 0 Å². The second-order valence-corrected chi connectivity index (χ2v) is 5.55. The van der Waals surface area contributed by atoms with Gasteiger partial charge in [-0.25, -0.2) is 9.97 Å². The van der Waals surface area contributed by atoms with Gasteiger partial charge in [-0.3, -0.25) is 4.79 Å². The highest BCUT2D eigenvalue weighted by Crippen LogP contribution is 2.29. The minimum Gasteiger partial charge on any atom is -0.497 e. The van der Waals surface area contributed by atoms with Gasteiger partial charge in [0.15, 0.2) is 0 Å². The van der Waals surface area contributed by atoms with E-state index in [4.69, 9.17) is 4.74 Å². The zero-order chi connectivity index (χ0) is 17.4. The second kappa shape index (κ2) is 5.86. The fourth-order valence-electron chi connectivity index (χ4n) is 2.87. The first-order chi connectivity index (χ1) is 12.2. The zero-order valence-corrected chi connectivity index (χ0v) is 13.7. The highest BCUT2D eigenvalue weighted by molar-refractivity contribution is 5.76.